The lowest BCUT2D eigenvalue weighted by molar-refractivity contribution is -0.154. The van der Waals surface area contributed by atoms with E-state index >= 15 is 0 Å². The molecule has 0 saturated carbocycles. The quantitative estimate of drug-likeness (QED) is 0.353. The Labute approximate surface area is 192 Å². The summed E-state index contributed by atoms with van der Waals surface area (Å²) in [5.41, 5.74) is 1.25. The van der Waals surface area contributed by atoms with E-state index in [4.69, 9.17) is 18.8 Å². The zero-order valence-electron chi connectivity index (χ0n) is 20.1. The lowest BCUT2D eigenvalue weighted by Crippen LogP contribution is -2.31. The second-order valence-electron chi connectivity index (χ2n) is 8.20. The zero-order valence-corrected chi connectivity index (χ0v) is 21.0. The number of hydrogen-bond donors (Lipinski definition) is 1. The molecule has 0 spiro atoms. The third-order valence-corrected chi connectivity index (χ3v) is 5.59. The lowest BCUT2D eigenvalue weighted by atomic mass is 10.1. The maximum Gasteiger partial charge on any atom is 0.523 e. The van der Waals surface area contributed by atoms with Crippen LogP contribution in [0.2, 0.25) is 0 Å². The van der Waals surface area contributed by atoms with Crippen LogP contribution < -0.4 is 0 Å². The van der Waals surface area contributed by atoms with Crippen molar-refractivity contribution < 1.29 is 28.1 Å². The molecule has 178 valence electrons. The number of rotatable bonds is 10. The molecule has 1 aromatic heterocycles. The van der Waals surface area contributed by atoms with Gasteiger partial charge in [-0.15, -0.1) is 4.52 Å². The van der Waals surface area contributed by atoms with Crippen molar-refractivity contribution in [1.82, 2.24) is 4.98 Å². The van der Waals surface area contributed by atoms with Crippen LogP contribution in [0.5, 0.6) is 0 Å². The summed E-state index contributed by atoms with van der Waals surface area (Å²) in [4.78, 5) is 17.0. The van der Waals surface area contributed by atoms with Crippen molar-refractivity contribution in [1.29, 1.82) is 0 Å². The zero-order chi connectivity index (χ0) is 24.1. The molecule has 1 N–H and O–H groups in total. The monoisotopic (exact) mass is 466 g/mol. The Kier molecular flexibility index (Phi) is 12.4. The molecule has 1 aromatic carbocycles. The highest BCUT2D eigenvalue weighted by Crippen LogP contribution is 2.34. The van der Waals surface area contributed by atoms with E-state index in [1.54, 1.807) is 40.9 Å². The van der Waals surface area contributed by atoms with Gasteiger partial charge in [-0.2, -0.15) is 0 Å². The predicted molar refractivity (Wildman–Crippen MR) is 126 cm³/mol. The number of oxazole rings is 1. The molecule has 2 aromatic rings. The van der Waals surface area contributed by atoms with Gasteiger partial charge >= 0.3 is 14.0 Å². The first-order chi connectivity index (χ1) is 15.1. The van der Waals surface area contributed by atoms with Crippen LogP contribution in [-0.2, 0) is 31.5 Å². The van der Waals surface area contributed by atoms with Gasteiger partial charge in [0, 0.05) is 12.2 Å². The first-order valence-corrected chi connectivity index (χ1v) is 12.4. The molecular formula is C24H37NO6P+. The second-order valence-corrected chi connectivity index (χ2v) is 9.65. The highest BCUT2D eigenvalue weighted by molar-refractivity contribution is 7.41. The van der Waals surface area contributed by atoms with Crippen LogP contribution in [0.25, 0.3) is 11.3 Å². The largest absolute Gasteiger partial charge is 0.523 e. The van der Waals surface area contributed by atoms with Crippen LogP contribution in [0, 0.1) is 0 Å². The number of hydrogen-bond acceptors (Lipinski definition) is 7. The topological polar surface area (TPSA) is 98.9 Å². The van der Waals surface area contributed by atoms with E-state index in [1.807, 2.05) is 12.1 Å². The Hall–Kier alpha value is -2.08. The maximum atomic E-state index is 12.5. The third kappa shape index (κ3) is 10.0. The molecule has 0 aliphatic carbocycles. The van der Waals surface area contributed by atoms with Crippen LogP contribution in [0.15, 0.2) is 34.9 Å². The van der Waals surface area contributed by atoms with Crippen molar-refractivity contribution in [2.45, 2.75) is 78.5 Å². The van der Waals surface area contributed by atoms with Crippen LogP contribution in [0.4, 0.5) is 0 Å². The molecule has 1 heterocycles. The van der Waals surface area contributed by atoms with Crippen LogP contribution in [0.1, 0.15) is 65.8 Å². The average molecular weight is 467 g/mol. The molecule has 32 heavy (non-hydrogen) atoms. The fourth-order valence-corrected chi connectivity index (χ4v) is 3.72. The third-order valence-electron chi connectivity index (χ3n) is 4.18. The van der Waals surface area contributed by atoms with Crippen molar-refractivity contribution in [3.8, 4) is 11.3 Å². The number of unbranched alkanes of at least 4 members (excludes halogenated alkanes) is 1. The summed E-state index contributed by atoms with van der Waals surface area (Å²) in [7, 11) is -2.24. The predicted octanol–water partition coefficient (Wildman–Crippen LogP) is 5.71. The summed E-state index contributed by atoms with van der Waals surface area (Å²) in [6.45, 7) is 11.4. The van der Waals surface area contributed by atoms with Crippen molar-refractivity contribution >= 4 is 14.0 Å². The average Bonchev–Trinajstić information content (AvgIpc) is 3.19. The van der Waals surface area contributed by atoms with Crippen LogP contribution in [-0.4, -0.2) is 40.5 Å². The number of aliphatic hydroxyl groups excluding tert-OH is 1. The molecular weight excluding hydrogens is 429 g/mol. The molecule has 0 aliphatic rings. The minimum absolute atomic E-state index is 0.0543. The second kappa shape index (κ2) is 14.1. The van der Waals surface area contributed by atoms with E-state index in [-0.39, 0.29) is 19.6 Å². The highest BCUT2D eigenvalue weighted by atomic mass is 31.1. The van der Waals surface area contributed by atoms with Gasteiger partial charge in [0.2, 0.25) is 0 Å². The molecule has 0 radical (unpaired) electrons. The number of carbonyl (C=O) groups excluding carboxylic acids is 1. The van der Waals surface area contributed by atoms with Gasteiger partial charge < -0.3 is 14.3 Å². The molecule has 2 atom stereocenters. The Bertz CT molecular complexity index is 826. The van der Waals surface area contributed by atoms with Crippen LogP contribution >= 0.6 is 8.03 Å². The number of aryl methyl sites for hydroxylation is 1. The molecule has 0 bridgehead atoms. The van der Waals surface area contributed by atoms with Gasteiger partial charge in [0.25, 0.3) is 5.66 Å². The fraction of sp³-hybridized carbons (Fsp3) is 0.583. The van der Waals surface area contributed by atoms with Crippen molar-refractivity contribution in [3.63, 3.8) is 0 Å². The first-order valence-electron chi connectivity index (χ1n) is 11.1. The van der Waals surface area contributed by atoms with Gasteiger partial charge in [-0.05, 0) is 57.6 Å². The summed E-state index contributed by atoms with van der Waals surface area (Å²) in [5.74, 6) is -0.249. The lowest BCUT2D eigenvalue weighted by Gasteiger charge is -2.19. The summed E-state index contributed by atoms with van der Waals surface area (Å²) in [6, 6.07) is 8.21. The summed E-state index contributed by atoms with van der Waals surface area (Å²) in [5, 5.41) is 7.57. The smallest absolute Gasteiger partial charge is 0.457 e. The summed E-state index contributed by atoms with van der Waals surface area (Å²) in [6.07, 6.45) is 4.99. The number of aromatic nitrogens is 1. The van der Waals surface area contributed by atoms with Crippen molar-refractivity contribution in [2.24, 2.45) is 0 Å². The van der Waals surface area contributed by atoms with Gasteiger partial charge in [-0.25, -0.2) is 9.78 Å². The van der Waals surface area contributed by atoms with E-state index in [0.717, 1.165) is 24.8 Å². The molecule has 7 nitrogen and oxygen atoms in total. The summed E-state index contributed by atoms with van der Waals surface area (Å²) < 4.78 is 28.6. The standard InChI is InChI=1S/C22H31NO5P.C2H6O/c1-6-8-9-16-10-12-17(13-11-16)18-15-26-20(23-18)14-19(29(25)27-7-2)21(24)28-22(3,4)5;1-2-3/h10-13,15,19H,6-9,14H2,1-5H3;3H,2H2,1H3/q+1;. The Morgan fingerprint density at radius 1 is 1.19 bits per heavy atom. The van der Waals surface area contributed by atoms with E-state index in [0.29, 0.717) is 11.6 Å². The summed E-state index contributed by atoms with van der Waals surface area (Å²) >= 11 is 0. The molecule has 0 aliphatic heterocycles. The Morgan fingerprint density at radius 3 is 2.34 bits per heavy atom. The van der Waals surface area contributed by atoms with E-state index in [2.05, 4.69) is 24.0 Å². The van der Waals surface area contributed by atoms with E-state index < -0.39 is 25.3 Å². The Morgan fingerprint density at radius 2 is 1.81 bits per heavy atom. The highest BCUT2D eigenvalue weighted by Gasteiger charge is 2.44. The van der Waals surface area contributed by atoms with Crippen molar-refractivity contribution in [3.05, 3.63) is 42.0 Å². The Balaban J connectivity index is 0.00000161. The fourth-order valence-electron chi connectivity index (χ4n) is 2.76. The molecule has 2 rings (SSSR count). The number of carbonyl (C=O) groups is 1. The van der Waals surface area contributed by atoms with E-state index in [1.165, 1.54) is 5.56 Å². The van der Waals surface area contributed by atoms with E-state index in [9.17, 15) is 9.36 Å². The van der Waals surface area contributed by atoms with Crippen LogP contribution in [0.3, 0.4) is 0 Å². The first kappa shape index (κ1) is 28.0. The van der Waals surface area contributed by atoms with Gasteiger partial charge in [0.05, 0.1) is 13.0 Å². The number of ether oxygens (including phenoxy) is 1. The molecule has 0 fully saturated rings. The number of esters is 1. The van der Waals surface area contributed by atoms with Gasteiger partial charge in [-0.1, -0.05) is 37.6 Å². The van der Waals surface area contributed by atoms with Gasteiger partial charge in [0.1, 0.15) is 17.6 Å². The minimum atomic E-state index is -2.24. The van der Waals surface area contributed by atoms with Crippen molar-refractivity contribution in [2.75, 3.05) is 13.2 Å². The number of nitrogens with zero attached hydrogens (tertiary/aromatic N) is 1. The maximum absolute atomic E-state index is 12.5. The number of aliphatic hydroxyl groups is 1. The molecule has 2 unspecified atom stereocenters. The SMILES string of the molecule is CCCCc1ccc(-c2coc(CC(C(=O)OC(C)(C)C)[P+](=O)OCC)n2)cc1.CCO. The van der Waals surface area contributed by atoms with Gasteiger partial charge in [-0.3, -0.25) is 0 Å². The molecule has 0 saturated heterocycles. The number of benzene rings is 1. The minimum Gasteiger partial charge on any atom is -0.457 e. The molecule has 8 heteroatoms. The normalized spacial score (nSPS) is 12.5. The van der Waals surface area contributed by atoms with Gasteiger partial charge in [0.15, 0.2) is 5.89 Å². The molecule has 0 amide bonds.